The van der Waals surface area contributed by atoms with E-state index in [-0.39, 0.29) is 23.2 Å². The highest BCUT2D eigenvalue weighted by Crippen LogP contribution is 2.29. The molecular weight excluding hydrogens is 212 g/mol. The van der Waals surface area contributed by atoms with Crippen LogP contribution in [-0.4, -0.2) is 34.4 Å². The van der Waals surface area contributed by atoms with Crippen LogP contribution in [0.2, 0.25) is 0 Å². The molecule has 0 aromatic carbocycles. The van der Waals surface area contributed by atoms with Gasteiger partial charge in [-0.25, -0.2) is 0 Å². The molecule has 0 saturated carbocycles. The first-order valence-corrected chi connectivity index (χ1v) is 6.73. The van der Waals surface area contributed by atoms with E-state index in [9.17, 15) is 0 Å². The van der Waals surface area contributed by atoms with Crippen molar-refractivity contribution >= 4 is 0 Å². The van der Waals surface area contributed by atoms with Gasteiger partial charge in [0.2, 0.25) is 0 Å². The Morgan fingerprint density at radius 2 is 1.65 bits per heavy atom. The molecule has 102 valence electrons. The van der Waals surface area contributed by atoms with Gasteiger partial charge in [0.1, 0.15) is 0 Å². The lowest BCUT2D eigenvalue weighted by Crippen LogP contribution is -2.63. The fourth-order valence-corrected chi connectivity index (χ4v) is 3.33. The third-order valence-corrected chi connectivity index (χ3v) is 3.52. The standard InChI is InChI=1S/C14H30N2O/c1-12(2,7-8-17)15-11-9-13(3,4)16-14(5,6)10-11/h11,15-17H,7-10H2,1-6H3. The maximum Gasteiger partial charge on any atom is 0.0448 e. The first-order chi connectivity index (χ1) is 7.55. The lowest BCUT2D eigenvalue weighted by atomic mass is 9.78. The largest absolute Gasteiger partial charge is 0.396 e. The highest BCUT2D eigenvalue weighted by Gasteiger charge is 2.38. The molecule has 0 aromatic rings. The molecule has 1 aliphatic rings. The van der Waals surface area contributed by atoms with Gasteiger partial charge in [-0.2, -0.15) is 0 Å². The summed E-state index contributed by atoms with van der Waals surface area (Å²) in [6.45, 7) is 13.7. The Labute approximate surface area is 106 Å². The summed E-state index contributed by atoms with van der Waals surface area (Å²) < 4.78 is 0. The van der Waals surface area contributed by atoms with Crippen LogP contribution in [0.4, 0.5) is 0 Å². The van der Waals surface area contributed by atoms with E-state index in [2.05, 4.69) is 52.2 Å². The molecule has 0 amide bonds. The minimum absolute atomic E-state index is 0.0168. The summed E-state index contributed by atoms with van der Waals surface area (Å²) in [6, 6.07) is 0.516. The van der Waals surface area contributed by atoms with Crippen LogP contribution >= 0.6 is 0 Å². The van der Waals surface area contributed by atoms with E-state index < -0.39 is 0 Å². The van der Waals surface area contributed by atoms with Crippen molar-refractivity contribution in [2.45, 2.75) is 83.5 Å². The molecule has 3 nitrogen and oxygen atoms in total. The predicted octanol–water partition coefficient (Wildman–Crippen LogP) is 2.05. The van der Waals surface area contributed by atoms with Crippen molar-refractivity contribution in [3.63, 3.8) is 0 Å². The molecular formula is C14H30N2O. The van der Waals surface area contributed by atoms with Crippen LogP contribution in [0.15, 0.2) is 0 Å². The van der Waals surface area contributed by atoms with E-state index in [1.165, 1.54) is 0 Å². The first kappa shape index (κ1) is 14.9. The van der Waals surface area contributed by atoms with Gasteiger partial charge in [0.05, 0.1) is 0 Å². The Balaban J connectivity index is 2.65. The first-order valence-electron chi connectivity index (χ1n) is 6.73. The van der Waals surface area contributed by atoms with Crippen molar-refractivity contribution in [2.24, 2.45) is 0 Å². The molecule has 0 spiro atoms. The van der Waals surface area contributed by atoms with Crippen LogP contribution < -0.4 is 10.6 Å². The number of nitrogens with one attached hydrogen (secondary N) is 2. The molecule has 0 atom stereocenters. The third-order valence-electron chi connectivity index (χ3n) is 3.52. The molecule has 0 aromatic heterocycles. The molecule has 3 heteroatoms. The molecule has 0 aliphatic carbocycles. The molecule has 17 heavy (non-hydrogen) atoms. The average molecular weight is 242 g/mol. The molecule has 0 radical (unpaired) electrons. The Kier molecular flexibility index (Phi) is 4.28. The lowest BCUT2D eigenvalue weighted by molar-refractivity contribution is 0.120. The quantitative estimate of drug-likeness (QED) is 0.707. The van der Waals surface area contributed by atoms with E-state index in [0.29, 0.717) is 6.04 Å². The summed E-state index contributed by atoms with van der Waals surface area (Å²) in [7, 11) is 0. The zero-order valence-electron chi connectivity index (χ0n) is 12.4. The fourth-order valence-electron chi connectivity index (χ4n) is 3.33. The topological polar surface area (TPSA) is 44.3 Å². The monoisotopic (exact) mass is 242 g/mol. The minimum atomic E-state index is 0.0168. The molecule has 1 saturated heterocycles. The van der Waals surface area contributed by atoms with Crippen LogP contribution in [0.3, 0.4) is 0 Å². The van der Waals surface area contributed by atoms with Crippen molar-refractivity contribution < 1.29 is 5.11 Å². The SMILES string of the molecule is CC(C)(CCO)NC1CC(C)(C)NC(C)(C)C1. The number of hydrogen-bond donors (Lipinski definition) is 3. The third kappa shape index (κ3) is 4.94. The van der Waals surface area contributed by atoms with Gasteiger partial charge in [-0.15, -0.1) is 0 Å². The van der Waals surface area contributed by atoms with Crippen LogP contribution in [0.1, 0.15) is 60.8 Å². The van der Waals surface area contributed by atoms with Crippen LogP contribution in [0, 0.1) is 0 Å². The molecule has 3 N–H and O–H groups in total. The van der Waals surface area contributed by atoms with Gasteiger partial charge in [0.15, 0.2) is 0 Å². The highest BCUT2D eigenvalue weighted by molar-refractivity contribution is 5.01. The molecule has 1 heterocycles. The van der Waals surface area contributed by atoms with Gasteiger partial charge >= 0.3 is 0 Å². The van der Waals surface area contributed by atoms with E-state index >= 15 is 0 Å². The summed E-state index contributed by atoms with van der Waals surface area (Å²) in [5, 5.41) is 16.5. The van der Waals surface area contributed by atoms with E-state index in [4.69, 9.17) is 5.11 Å². The summed E-state index contributed by atoms with van der Waals surface area (Å²) >= 11 is 0. The number of aliphatic hydroxyl groups excluding tert-OH is 1. The number of piperidine rings is 1. The zero-order valence-corrected chi connectivity index (χ0v) is 12.4. The maximum absolute atomic E-state index is 9.08. The van der Waals surface area contributed by atoms with Gasteiger partial charge in [-0.1, -0.05) is 0 Å². The Morgan fingerprint density at radius 1 is 1.18 bits per heavy atom. The Morgan fingerprint density at radius 3 is 2.06 bits per heavy atom. The normalized spacial score (nSPS) is 24.9. The van der Waals surface area contributed by atoms with Crippen molar-refractivity contribution in [3.05, 3.63) is 0 Å². The van der Waals surface area contributed by atoms with E-state index in [1.807, 2.05) is 0 Å². The number of hydrogen-bond acceptors (Lipinski definition) is 3. The Hall–Kier alpha value is -0.120. The Bertz CT molecular complexity index is 243. The maximum atomic E-state index is 9.08. The highest BCUT2D eigenvalue weighted by atomic mass is 16.3. The zero-order chi connectivity index (χ0) is 13.3. The van der Waals surface area contributed by atoms with Gasteiger partial charge in [-0.3, -0.25) is 0 Å². The summed E-state index contributed by atoms with van der Waals surface area (Å²) in [6.07, 6.45) is 3.06. The predicted molar refractivity (Wildman–Crippen MR) is 73.2 cm³/mol. The lowest BCUT2D eigenvalue weighted by Gasteiger charge is -2.48. The van der Waals surface area contributed by atoms with Gasteiger partial charge < -0.3 is 15.7 Å². The second kappa shape index (κ2) is 4.87. The molecule has 0 bridgehead atoms. The average Bonchev–Trinajstić information content (AvgIpc) is 1.94. The van der Waals surface area contributed by atoms with Crippen LogP contribution in [-0.2, 0) is 0 Å². The van der Waals surface area contributed by atoms with Crippen molar-refractivity contribution in [2.75, 3.05) is 6.61 Å². The summed E-state index contributed by atoms with van der Waals surface area (Å²) in [5.74, 6) is 0. The van der Waals surface area contributed by atoms with Crippen molar-refractivity contribution in [3.8, 4) is 0 Å². The fraction of sp³-hybridized carbons (Fsp3) is 1.00. The van der Waals surface area contributed by atoms with Crippen LogP contribution in [0.25, 0.3) is 0 Å². The van der Waals surface area contributed by atoms with E-state index in [1.54, 1.807) is 0 Å². The van der Waals surface area contributed by atoms with Crippen molar-refractivity contribution in [1.82, 2.24) is 10.6 Å². The number of rotatable bonds is 4. The second-order valence-corrected chi connectivity index (χ2v) is 7.50. The van der Waals surface area contributed by atoms with Crippen LogP contribution in [0.5, 0.6) is 0 Å². The molecule has 1 fully saturated rings. The summed E-state index contributed by atoms with van der Waals surface area (Å²) in [4.78, 5) is 0. The molecule has 1 rings (SSSR count). The summed E-state index contributed by atoms with van der Waals surface area (Å²) in [5.41, 5.74) is 0.367. The molecule has 1 aliphatic heterocycles. The van der Waals surface area contributed by atoms with Gasteiger partial charge in [0.25, 0.3) is 0 Å². The van der Waals surface area contributed by atoms with Crippen molar-refractivity contribution in [1.29, 1.82) is 0 Å². The second-order valence-electron chi connectivity index (χ2n) is 7.50. The van der Waals surface area contributed by atoms with Gasteiger partial charge in [0, 0.05) is 29.3 Å². The smallest absolute Gasteiger partial charge is 0.0448 e. The minimum Gasteiger partial charge on any atom is -0.396 e. The number of aliphatic hydroxyl groups is 1. The molecule has 0 unspecified atom stereocenters. The van der Waals surface area contributed by atoms with Gasteiger partial charge in [-0.05, 0) is 60.8 Å². The van der Waals surface area contributed by atoms with E-state index in [0.717, 1.165) is 19.3 Å².